The van der Waals surface area contributed by atoms with Crippen LogP contribution in [0.2, 0.25) is 10.0 Å². The predicted molar refractivity (Wildman–Crippen MR) is 61.7 cm³/mol. The van der Waals surface area contributed by atoms with E-state index >= 15 is 0 Å². The van der Waals surface area contributed by atoms with E-state index in [1.54, 1.807) is 12.1 Å². The Morgan fingerprint density at radius 3 is 2.40 bits per heavy atom. The molecule has 5 heteroatoms. The molecule has 3 N–H and O–H groups in total. The number of piperazine rings is 1. The van der Waals surface area contributed by atoms with E-state index in [0.29, 0.717) is 10.0 Å². The van der Waals surface area contributed by atoms with Crippen molar-refractivity contribution in [2.24, 2.45) is 0 Å². The van der Waals surface area contributed by atoms with Crippen LogP contribution < -0.4 is 10.6 Å². The van der Waals surface area contributed by atoms with Gasteiger partial charge in [-0.05, 0) is 17.7 Å². The van der Waals surface area contributed by atoms with Gasteiger partial charge in [0.1, 0.15) is 0 Å². The van der Waals surface area contributed by atoms with Gasteiger partial charge in [-0.15, -0.1) is 0 Å². The lowest BCUT2D eigenvalue weighted by Gasteiger charge is -2.25. The molecule has 1 aromatic rings. The zero-order valence-corrected chi connectivity index (χ0v) is 9.57. The van der Waals surface area contributed by atoms with Crippen LogP contribution in [0.3, 0.4) is 0 Å². The van der Waals surface area contributed by atoms with Gasteiger partial charge in [0.2, 0.25) is 0 Å². The Bertz CT molecular complexity index is 341. The molecule has 1 aromatic carbocycles. The molecule has 3 nitrogen and oxygen atoms in total. The second-order valence-corrected chi connectivity index (χ2v) is 4.36. The van der Waals surface area contributed by atoms with Crippen LogP contribution in [0.5, 0.6) is 5.75 Å². The van der Waals surface area contributed by atoms with E-state index in [2.05, 4.69) is 10.6 Å². The van der Waals surface area contributed by atoms with E-state index in [9.17, 15) is 5.11 Å². The maximum atomic E-state index is 9.43. The molecule has 0 aliphatic carbocycles. The monoisotopic (exact) mass is 246 g/mol. The Balaban J connectivity index is 2.27. The van der Waals surface area contributed by atoms with E-state index in [-0.39, 0.29) is 11.8 Å². The topological polar surface area (TPSA) is 44.3 Å². The number of hydrogen-bond acceptors (Lipinski definition) is 3. The van der Waals surface area contributed by atoms with E-state index in [1.165, 1.54) is 0 Å². The van der Waals surface area contributed by atoms with Gasteiger partial charge in [0.25, 0.3) is 0 Å². The molecule has 1 saturated heterocycles. The highest BCUT2D eigenvalue weighted by molar-refractivity contribution is 6.37. The molecule has 1 aliphatic rings. The van der Waals surface area contributed by atoms with Crippen LogP contribution >= 0.6 is 23.2 Å². The van der Waals surface area contributed by atoms with Crippen molar-refractivity contribution < 1.29 is 5.11 Å². The number of aromatic hydroxyl groups is 1. The summed E-state index contributed by atoms with van der Waals surface area (Å²) in [5.41, 5.74) is 0.995. The maximum absolute atomic E-state index is 9.43. The highest BCUT2D eigenvalue weighted by Gasteiger charge is 2.17. The first kappa shape index (κ1) is 11.0. The highest BCUT2D eigenvalue weighted by atomic mass is 35.5. The lowest BCUT2D eigenvalue weighted by atomic mass is 10.1. The minimum atomic E-state index is -0.0501. The fourth-order valence-electron chi connectivity index (χ4n) is 1.68. The second-order valence-electron chi connectivity index (χ2n) is 3.54. The molecular weight excluding hydrogens is 235 g/mol. The quantitative estimate of drug-likeness (QED) is 0.710. The molecule has 82 valence electrons. The van der Waals surface area contributed by atoms with Gasteiger partial charge in [0.15, 0.2) is 5.75 Å². The molecule has 0 aromatic heterocycles. The minimum absolute atomic E-state index is 0.0501. The van der Waals surface area contributed by atoms with Crippen LogP contribution in [0.25, 0.3) is 0 Å². The number of hydrogen-bond donors (Lipinski definition) is 3. The first-order valence-electron chi connectivity index (χ1n) is 4.80. The minimum Gasteiger partial charge on any atom is -0.505 e. The molecule has 15 heavy (non-hydrogen) atoms. The van der Waals surface area contributed by atoms with Crippen LogP contribution in [0.1, 0.15) is 11.6 Å². The Morgan fingerprint density at radius 1 is 1.20 bits per heavy atom. The second kappa shape index (κ2) is 4.58. The average Bonchev–Trinajstić information content (AvgIpc) is 2.26. The fourth-order valence-corrected chi connectivity index (χ4v) is 2.18. The van der Waals surface area contributed by atoms with Crippen LogP contribution in [0.4, 0.5) is 0 Å². The molecule has 1 heterocycles. The summed E-state index contributed by atoms with van der Waals surface area (Å²) in [6, 6.07) is 3.69. The molecule has 1 aliphatic heterocycles. The third-order valence-electron chi connectivity index (χ3n) is 2.48. The first-order valence-corrected chi connectivity index (χ1v) is 5.56. The number of benzene rings is 1. The summed E-state index contributed by atoms with van der Waals surface area (Å²) in [4.78, 5) is 0. The van der Waals surface area contributed by atoms with Crippen molar-refractivity contribution in [2.45, 2.75) is 6.04 Å². The molecule has 0 radical (unpaired) electrons. The third kappa shape index (κ3) is 2.37. The van der Waals surface area contributed by atoms with Gasteiger partial charge in [-0.2, -0.15) is 0 Å². The molecule has 1 fully saturated rings. The average molecular weight is 247 g/mol. The van der Waals surface area contributed by atoms with Gasteiger partial charge in [-0.3, -0.25) is 0 Å². The normalized spacial score (nSPS) is 21.6. The lowest BCUT2D eigenvalue weighted by Crippen LogP contribution is -2.42. The van der Waals surface area contributed by atoms with Crippen molar-refractivity contribution in [1.82, 2.24) is 10.6 Å². The Hall–Kier alpha value is -0.480. The molecular formula is C10H12Cl2N2O. The number of nitrogens with one attached hydrogen (secondary N) is 2. The summed E-state index contributed by atoms with van der Waals surface area (Å²) in [6.45, 7) is 2.73. The zero-order valence-electron chi connectivity index (χ0n) is 8.06. The van der Waals surface area contributed by atoms with Gasteiger partial charge in [0, 0.05) is 25.7 Å². The molecule has 0 saturated carbocycles. The van der Waals surface area contributed by atoms with Crippen molar-refractivity contribution in [2.75, 3.05) is 19.6 Å². The molecule has 0 unspecified atom stereocenters. The lowest BCUT2D eigenvalue weighted by molar-refractivity contribution is 0.429. The zero-order chi connectivity index (χ0) is 10.8. The van der Waals surface area contributed by atoms with Crippen molar-refractivity contribution in [1.29, 1.82) is 0 Å². The number of phenols is 1. The van der Waals surface area contributed by atoms with Gasteiger partial charge >= 0.3 is 0 Å². The molecule has 2 rings (SSSR count). The SMILES string of the molecule is Oc1c(Cl)cc([C@H]2CNCCN2)cc1Cl. The van der Waals surface area contributed by atoms with Gasteiger partial charge in [-0.25, -0.2) is 0 Å². The van der Waals surface area contributed by atoms with Crippen molar-refractivity contribution in [3.8, 4) is 5.75 Å². The number of rotatable bonds is 1. The first-order chi connectivity index (χ1) is 7.18. The summed E-state index contributed by atoms with van der Waals surface area (Å²) in [5.74, 6) is -0.0501. The van der Waals surface area contributed by atoms with Crippen LogP contribution in [-0.4, -0.2) is 24.7 Å². The summed E-state index contributed by atoms with van der Waals surface area (Å²) in [7, 11) is 0. The van der Waals surface area contributed by atoms with Crippen molar-refractivity contribution in [3.63, 3.8) is 0 Å². The smallest absolute Gasteiger partial charge is 0.152 e. The van der Waals surface area contributed by atoms with Crippen molar-refractivity contribution in [3.05, 3.63) is 27.7 Å². The summed E-state index contributed by atoms with van der Waals surface area (Å²) >= 11 is 11.7. The van der Waals surface area contributed by atoms with Gasteiger partial charge < -0.3 is 15.7 Å². The number of halogens is 2. The summed E-state index contributed by atoms with van der Waals surface area (Å²) in [6.07, 6.45) is 0. The summed E-state index contributed by atoms with van der Waals surface area (Å²) in [5, 5.41) is 16.6. The molecule has 1 atom stereocenters. The van der Waals surface area contributed by atoms with Gasteiger partial charge in [0.05, 0.1) is 10.0 Å². The Kier molecular flexibility index (Phi) is 3.36. The van der Waals surface area contributed by atoms with Crippen LogP contribution in [0, 0.1) is 0 Å². The third-order valence-corrected chi connectivity index (χ3v) is 3.06. The predicted octanol–water partition coefficient (Wildman–Crippen LogP) is 1.93. The van der Waals surface area contributed by atoms with E-state index < -0.39 is 0 Å². The molecule has 0 bridgehead atoms. The van der Waals surface area contributed by atoms with E-state index in [1.807, 2.05) is 0 Å². The molecule has 0 amide bonds. The van der Waals surface area contributed by atoms with Gasteiger partial charge in [-0.1, -0.05) is 23.2 Å². The standard InChI is InChI=1S/C10H12Cl2N2O/c11-7-3-6(4-8(12)10(7)15)9-5-13-1-2-14-9/h3-4,9,13-15H,1-2,5H2/t9-/m1/s1. The van der Waals surface area contributed by atoms with E-state index in [0.717, 1.165) is 25.2 Å². The largest absolute Gasteiger partial charge is 0.505 e. The van der Waals surface area contributed by atoms with Crippen molar-refractivity contribution >= 4 is 23.2 Å². The molecule has 0 spiro atoms. The van der Waals surface area contributed by atoms with Crippen LogP contribution in [0.15, 0.2) is 12.1 Å². The maximum Gasteiger partial charge on any atom is 0.152 e. The van der Waals surface area contributed by atoms with Crippen LogP contribution in [-0.2, 0) is 0 Å². The van der Waals surface area contributed by atoms with E-state index in [4.69, 9.17) is 23.2 Å². The Labute approximate surface area is 98.4 Å². The number of phenolic OH excluding ortho intramolecular Hbond substituents is 1. The highest BCUT2D eigenvalue weighted by Crippen LogP contribution is 2.34. The Morgan fingerprint density at radius 2 is 1.87 bits per heavy atom. The summed E-state index contributed by atoms with van der Waals surface area (Å²) < 4.78 is 0. The fraction of sp³-hybridized carbons (Fsp3) is 0.400.